The minimum atomic E-state index is -0.629. The molecule has 1 heterocycles. The van der Waals surface area contributed by atoms with E-state index in [0.29, 0.717) is 6.54 Å². The molecule has 0 bridgehead atoms. The third-order valence-corrected chi connectivity index (χ3v) is 4.49. The third-order valence-electron chi connectivity index (χ3n) is 4.30. The van der Waals surface area contributed by atoms with Crippen LogP contribution >= 0.6 is 11.6 Å². The monoisotopic (exact) mass is 384 g/mol. The van der Waals surface area contributed by atoms with Crippen molar-refractivity contribution < 1.29 is 9.59 Å². The molecule has 7 heteroatoms. The fourth-order valence-electron chi connectivity index (χ4n) is 2.91. The molecule has 2 unspecified atom stereocenters. The van der Waals surface area contributed by atoms with Crippen LogP contribution in [0.1, 0.15) is 25.0 Å². The smallest absolute Gasteiger partial charge is 0.328 e. The van der Waals surface area contributed by atoms with Gasteiger partial charge in [-0.15, -0.1) is 11.6 Å². The van der Waals surface area contributed by atoms with Gasteiger partial charge in [0.1, 0.15) is 5.38 Å². The molecule has 0 spiro atoms. The largest absolute Gasteiger partial charge is 0.335 e. The topological polar surface area (TPSA) is 73.8 Å². The minimum absolute atomic E-state index is 0.162. The molecule has 0 fully saturated rings. The van der Waals surface area contributed by atoms with Gasteiger partial charge in [-0.2, -0.15) is 5.10 Å². The molecule has 2 N–H and O–H groups in total. The van der Waals surface area contributed by atoms with Crippen molar-refractivity contribution in [2.24, 2.45) is 5.10 Å². The number of rotatable bonds is 5. The molecule has 0 saturated heterocycles. The number of carbonyl (C=O) groups excluding carboxylic acids is 2. The number of nitrogens with zero attached hydrogens (tertiary/aromatic N) is 2. The Balaban J connectivity index is 1.87. The molecule has 6 nitrogen and oxygen atoms in total. The van der Waals surface area contributed by atoms with Gasteiger partial charge in [0, 0.05) is 11.3 Å². The number of urea groups is 1. The third kappa shape index (κ3) is 4.46. The Kier molecular flexibility index (Phi) is 5.76. The molecule has 2 aromatic rings. The van der Waals surface area contributed by atoms with E-state index in [0.717, 1.165) is 22.5 Å². The van der Waals surface area contributed by atoms with Crippen molar-refractivity contribution in [1.29, 1.82) is 0 Å². The molecule has 1 aliphatic rings. The first-order valence-electron chi connectivity index (χ1n) is 8.69. The molecule has 0 saturated carbocycles. The van der Waals surface area contributed by atoms with Crippen LogP contribution in [0.2, 0.25) is 0 Å². The second-order valence-electron chi connectivity index (χ2n) is 6.38. The molecular formula is C20H21ClN4O2. The molecule has 3 rings (SSSR count). The average molecular weight is 385 g/mol. The minimum Gasteiger partial charge on any atom is -0.328 e. The van der Waals surface area contributed by atoms with Crippen molar-refractivity contribution >= 4 is 34.9 Å². The summed E-state index contributed by atoms with van der Waals surface area (Å²) in [5, 5.41) is 6.26. The van der Waals surface area contributed by atoms with E-state index in [9.17, 15) is 9.59 Å². The van der Waals surface area contributed by atoms with Crippen molar-refractivity contribution in [3.05, 3.63) is 65.7 Å². The highest BCUT2D eigenvalue weighted by molar-refractivity contribution is 6.32. The van der Waals surface area contributed by atoms with Gasteiger partial charge in [-0.25, -0.2) is 10.2 Å². The summed E-state index contributed by atoms with van der Waals surface area (Å²) in [6.07, 6.45) is 0. The maximum Gasteiger partial charge on any atom is 0.335 e. The van der Waals surface area contributed by atoms with Crippen LogP contribution in [0.3, 0.4) is 0 Å². The quantitative estimate of drug-likeness (QED) is 0.776. The summed E-state index contributed by atoms with van der Waals surface area (Å²) in [6, 6.07) is 16.7. The van der Waals surface area contributed by atoms with Crippen LogP contribution in [-0.2, 0) is 11.3 Å². The van der Waals surface area contributed by atoms with Gasteiger partial charge in [0.25, 0.3) is 0 Å². The lowest BCUT2D eigenvalue weighted by Crippen LogP contribution is -2.48. The fourth-order valence-corrected chi connectivity index (χ4v) is 3.03. The molecule has 0 aliphatic carbocycles. The maximum absolute atomic E-state index is 12.6. The highest BCUT2D eigenvalue weighted by Crippen LogP contribution is 2.21. The number of halogens is 1. The van der Waals surface area contributed by atoms with E-state index in [-0.39, 0.29) is 18.0 Å². The molecular weight excluding hydrogens is 364 g/mol. The molecule has 1 aliphatic heterocycles. The van der Waals surface area contributed by atoms with Gasteiger partial charge in [0.2, 0.25) is 5.91 Å². The predicted octanol–water partition coefficient (Wildman–Crippen LogP) is 3.25. The number of hydrogen-bond acceptors (Lipinski definition) is 3. The molecule has 2 atom stereocenters. The van der Waals surface area contributed by atoms with Crippen molar-refractivity contribution in [2.45, 2.75) is 31.8 Å². The van der Waals surface area contributed by atoms with Crippen LogP contribution in [0.5, 0.6) is 0 Å². The lowest BCUT2D eigenvalue weighted by atomic mass is 10.0. The zero-order valence-corrected chi connectivity index (χ0v) is 15.9. The van der Waals surface area contributed by atoms with E-state index in [2.05, 4.69) is 15.8 Å². The second-order valence-corrected chi connectivity index (χ2v) is 7.03. The number of nitrogens with one attached hydrogen (secondary N) is 2. The Morgan fingerprint density at radius 1 is 1.19 bits per heavy atom. The number of hydrogen-bond donors (Lipinski definition) is 2. The van der Waals surface area contributed by atoms with E-state index in [4.69, 9.17) is 11.6 Å². The summed E-state index contributed by atoms with van der Waals surface area (Å²) in [7, 11) is 0. The standard InChI is InChI=1S/C20H21ClN4O2/c1-13(21)19(26)25(12-15-6-4-3-5-7-15)17-10-8-16(9-11-17)18-14(2)22-20(27)24-23-18/h3-11,13-14H,12H2,1-2H3,(H2,22,24,27). The average Bonchev–Trinajstić information content (AvgIpc) is 2.67. The van der Waals surface area contributed by atoms with Crippen molar-refractivity contribution in [2.75, 3.05) is 4.90 Å². The first-order valence-corrected chi connectivity index (χ1v) is 9.13. The van der Waals surface area contributed by atoms with Crippen LogP contribution in [0.4, 0.5) is 10.5 Å². The first kappa shape index (κ1) is 18.9. The zero-order chi connectivity index (χ0) is 19.4. The van der Waals surface area contributed by atoms with Crippen LogP contribution in [-0.4, -0.2) is 29.1 Å². The van der Waals surface area contributed by atoms with Crippen LogP contribution < -0.4 is 15.6 Å². The summed E-state index contributed by atoms with van der Waals surface area (Å²) in [4.78, 5) is 25.6. The Morgan fingerprint density at radius 2 is 1.85 bits per heavy atom. The summed E-state index contributed by atoms with van der Waals surface area (Å²) in [5.41, 5.74) is 5.78. The number of anilines is 1. The van der Waals surface area contributed by atoms with Gasteiger partial charge < -0.3 is 10.2 Å². The fraction of sp³-hybridized carbons (Fsp3) is 0.250. The summed E-state index contributed by atoms with van der Waals surface area (Å²) < 4.78 is 0. The summed E-state index contributed by atoms with van der Waals surface area (Å²) >= 11 is 6.07. The van der Waals surface area contributed by atoms with Gasteiger partial charge in [0.15, 0.2) is 0 Å². The van der Waals surface area contributed by atoms with Crippen molar-refractivity contribution in [1.82, 2.24) is 10.7 Å². The normalized spacial score (nSPS) is 17.4. The highest BCUT2D eigenvalue weighted by atomic mass is 35.5. The molecule has 2 aromatic carbocycles. The number of alkyl halides is 1. The zero-order valence-electron chi connectivity index (χ0n) is 15.1. The Bertz CT molecular complexity index is 850. The van der Waals surface area contributed by atoms with Crippen LogP contribution in [0, 0.1) is 0 Å². The van der Waals surface area contributed by atoms with E-state index < -0.39 is 5.38 Å². The molecule has 0 radical (unpaired) electrons. The van der Waals surface area contributed by atoms with E-state index in [1.807, 2.05) is 61.5 Å². The number of amides is 3. The summed E-state index contributed by atoms with van der Waals surface area (Å²) in [6.45, 7) is 3.97. The lowest BCUT2D eigenvalue weighted by molar-refractivity contribution is -0.118. The Hall–Kier alpha value is -2.86. The van der Waals surface area contributed by atoms with Crippen molar-refractivity contribution in [3.63, 3.8) is 0 Å². The SMILES string of the molecule is CC(Cl)C(=O)N(Cc1ccccc1)c1ccc(C2=NNC(=O)NC2C)cc1. The molecule has 27 heavy (non-hydrogen) atoms. The van der Waals surface area contributed by atoms with Gasteiger partial charge in [-0.3, -0.25) is 4.79 Å². The second kappa shape index (κ2) is 8.22. The van der Waals surface area contributed by atoms with Gasteiger partial charge in [-0.1, -0.05) is 42.5 Å². The van der Waals surface area contributed by atoms with E-state index in [1.165, 1.54) is 0 Å². The lowest BCUT2D eigenvalue weighted by Gasteiger charge is -2.25. The maximum atomic E-state index is 12.6. The molecule has 3 amide bonds. The molecule has 140 valence electrons. The highest BCUT2D eigenvalue weighted by Gasteiger charge is 2.23. The number of hydrazone groups is 1. The van der Waals surface area contributed by atoms with E-state index >= 15 is 0 Å². The number of benzene rings is 2. The first-order chi connectivity index (χ1) is 13.0. The van der Waals surface area contributed by atoms with Gasteiger partial charge in [-0.05, 0) is 31.5 Å². The van der Waals surface area contributed by atoms with Crippen LogP contribution in [0.15, 0.2) is 59.7 Å². The van der Waals surface area contributed by atoms with Gasteiger partial charge >= 0.3 is 6.03 Å². The van der Waals surface area contributed by atoms with Crippen molar-refractivity contribution in [3.8, 4) is 0 Å². The Morgan fingerprint density at radius 3 is 2.44 bits per heavy atom. The Labute approximate surface area is 163 Å². The summed E-state index contributed by atoms with van der Waals surface area (Å²) in [5.74, 6) is -0.162. The predicted molar refractivity (Wildman–Crippen MR) is 107 cm³/mol. The van der Waals surface area contributed by atoms with Crippen LogP contribution in [0.25, 0.3) is 0 Å². The van der Waals surface area contributed by atoms with Gasteiger partial charge in [0.05, 0.1) is 18.3 Å². The van der Waals surface area contributed by atoms with E-state index in [1.54, 1.807) is 11.8 Å². The number of carbonyl (C=O) groups is 2. The molecule has 0 aromatic heterocycles.